The van der Waals surface area contributed by atoms with E-state index in [-0.39, 0.29) is 32.7 Å². The fraction of sp³-hybridized carbons (Fsp3) is 0.315. The maximum absolute atomic E-state index is 16.2. The molecule has 2 amide bonds. The Balaban J connectivity index is 1.29. The van der Waals surface area contributed by atoms with E-state index in [1.807, 2.05) is 83.8 Å². The first kappa shape index (κ1) is 46.4. The molecule has 2 fully saturated rings. The molecule has 354 valence electrons. The van der Waals surface area contributed by atoms with E-state index < -0.39 is 71.2 Å². The van der Waals surface area contributed by atoms with Crippen LogP contribution in [-0.2, 0) is 56.6 Å². The molecule has 15 nitrogen and oxygen atoms in total. The van der Waals surface area contributed by atoms with Gasteiger partial charge >= 0.3 is 17.9 Å². The molecule has 1 spiro atoms. The van der Waals surface area contributed by atoms with Gasteiger partial charge in [0.05, 0.1) is 53.0 Å². The molecule has 0 saturated carbocycles. The van der Waals surface area contributed by atoms with Gasteiger partial charge in [-0.1, -0.05) is 84.6 Å². The predicted molar refractivity (Wildman–Crippen MR) is 250 cm³/mol. The van der Waals surface area contributed by atoms with Crippen molar-refractivity contribution in [3.05, 3.63) is 154 Å². The van der Waals surface area contributed by atoms with Gasteiger partial charge in [-0.05, 0) is 82.3 Å². The number of nitrogens with one attached hydrogen (secondary N) is 1. The minimum atomic E-state index is -1.85. The van der Waals surface area contributed by atoms with Gasteiger partial charge in [-0.3, -0.25) is 28.9 Å². The molecule has 15 heteroatoms. The van der Waals surface area contributed by atoms with Crippen LogP contribution in [0, 0.1) is 23.7 Å². The molecule has 0 aliphatic carbocycles. The highest BCUT2D eigenvalue weighted by Gasteiger charge is 2.74. The molecule has 69 heavy (non-hydrogen) atoms. The zero-order valence-corrected chi connectivity index (χ0v) is 38.5. The molecule has 4 aliphatic rings. The number of carbonyl (C=O) groups is 5. The Kier molecular flexibility index (Phi) is 13.1. The average molecular weight is 934 g/mol. The minimum absolute atomic E-state index is 0.00693. The molecular formula is C54H51N3O12. The quantitative estimate of drug-likeness (QED) is 0.0681. The van der Waals surface area contributed by atoms with E-state index in [1.54, 1.807) is 55.5 Å². The van der Waals surface area contributed by atoms with Crippen molar-refractivity contribution in [3.8, 4) is 29.1 Å². The van der Waals surface area contributed by atoms with Crippen molar-refractivity contribution in [2.75, 3.05) is 53.5 Å². The summed E-state index contributed by atoms with van der Waals surface area (Å²) in [6.07, 6.45) is -0.656. The molecule has 0 bridgehead atoms. The van der Waals surface area contributed by atoms with Crippen molar-refractivity contribution in [1.82, 2.24) is 9.80 Å². The first-order valence-electron chi connectivity index (χ1n) is 22.6. The van der Waals surface area contributed by atoms with Crippen molar-refractivity contribution >= 4 is 35.4 Å². The highest BCUT2D eigenvalue weighted by molar-refractivity contribution is 6.12. The lowest BCUT2D eigenvalue weighted by Gasteiger charge is -2.46. The van der Waals surface area contributed by atoms with E-state index in [1.165, 1.54) is 14.2 Å². The number of rotatable bonds is 12. The van der Waals surface area contributed by atoms with Crippen LogP contribution < -0.4 is 19.5 Å². The zero-order valence-electron chi connectivity index (χ0n) is 38.5. The summed E-state index contributed by atoms with van der Waals surface area (Å²) >= 11 is 0. The van der Waals surface area contributed by atoms with Crippen molar-refractivity contribution < 1.29 is 57.5 Å². The fourth-order valence-corrected chi connectivity index (χ4v) is 10.7. The lowest BCUT2D eigenvalue weighted by molar-refractivity contribution is -0.179. The van der Waals surface area contributed by atoms with Crippen LogP contribution in [0.5, 0.6) is 17.2 Å². The van der Waals surface area contributed by atoms with Crippen LogP contribution in [0.3, 0.4) is 0 Å². The third kappa shape index (κ3) is 8.19. The molecule has 0 aromatic heterocycles. The van der Waals surface area contributed by atoms with E-state index >= 15 is 14.4 Å². The molecule has 2 saturated heterocycles. The Hall–Kier alpha value is -7.67. The summed E-state index contributed by atoms with van der Waals surface area (Å²) in [6.45, 7) is 0.155. The van der Waals surface area contributed by atoms with Gasteiger partial charge in [0, 0.05) is 30.8 Å². The van der Waals surface area contributed by atoms with Gasteiger partial charge in [-0.15, -0.1) is 0 Å². The molecule has 6 unspecified atom stereocenters. The normalized spacial score (nSPS) is 22.3. The monoisotopic (exact) mass is 933 g/mol. The molecule has 5 aromatic carbocycles. The summed E-state index contributed by atoms with van der Waals surface area (Å²) in [6, 6.07) is 32.0. The van der Waals surface area contributed by atoms with E-state index in [0.29, 0.717) is 51.6 Å². The van der Waals surface area contributed by atoms with E-state index in [0.717, 1.165) is 16.7 Å². The van der Waals surface area contributed by atoms with Crippen LogP contribution in [0.2, 0.25) is 0 Å². The summed E-state index contributed by atoms with van der Waals surface area (Å²) < 4.78 is 33.6. The Labute approximate surface area is 399 Å². The number of methoxy groups -OCH3 is 4. The number of nitrogens with zero attached hydrogens (tertiary/aromatic N) is 2. The maximum Gasteiger partial charge on any atom is 0.324 e. The summed E-state index contributed by atoms with van der Waals surface area (Å²) in [5, 5.41) is 12.9. The number of ether oxygens (including phenoxy) is 6. The largest absolute Gasteiger partial charge is 0.493 e. The SMILES string of the molecule is COC(=O)C(CC#Cc1ccc2c(c1)C1(C(=O)N2)C(C(=O)N2CCc3cc(OC)c(OC)cc3C2)C2C(=O)OC(c3ccccc3)C(c3ccccc3)N2C1c1cccc(OCCO)c1)C(=O)OC. The van der Waals surface area contributed by atoms with Crippen LogP contribution in [0.15, 0.2) is 115 Å². The Morgan fingerprint density at radius 1 is 0.797 bits per heavy atom. The van der Waals surface area contributed by atoms with Gasteiger partial charge in [0.15, 0.2) is 17.4 Å². The topological polar surface area (TPSA) is 179 Å². The van der Waals surface area contributed by atoms with Crippen LogP contribution in [0.4, 0.5) is 5.69 Å². The second-order valence-corrected chi connectivity index (χ2v) is 17.2. The van der Waals surface area contributed by atoms with Crippen LogP contribution >= 0.6 is 0 Å². The molecule has 2 N–H and O–H groups in total. The number of fused-ring (bicyclic) bond motifs is 4. The average Bonchev–Trinajstić information content (AvgIpc) is 3.87. The standard InChI is InChI=1S/C54H51N3O12/c1-64-42-29-35-23-24-56(31-37(35)30-43(42)65-2)49(59)44-46-52(62)69-47(34-16-9-6-10-17-34)45(33-14-7-5-8-15-33)57(46)48(36-18-12-19-38(28-36)68-26-25-58)54(44)40-27-32(21-22-41(40)55-53(54)63)13-11-20-39(50(60)66-3)51(61)67-4/h5-10,12,14-19,21-22,27-30,39,44-48,58H,20,23-26,31H2,1-4H3,(H,55,63). The first-order valence-corrected chi connectivity index (χ1v) is 22.6. The highest BCUT2D eigenvalue weighted by Crippen LogP contribution is 2.65. The van der Waals surface area contributed by atoms with Crippen molar-refractivity contribution in [3.63, 3.8) is 0 Å². The number of aliphatic hydroxyl groups is 1. The number of cyclic esters (lactones) is 1. The van der Waals surface area contributed by atoms with Crippen LogP contribution in [0.1, 0.15) is 63.6 Å². The third-order valence-corrected chi connectivity index (χ3v) is 13.6. The van der Waals surface area contributed by atoms with Crippen molar-refractivity contribution in [1.29, 1.82) is 0 Å². The number of esters is 3. The Morgan fingerprint density at radius 3 is 2.13 bits per heavy atom. The minimum Gasteiger partial charge on any atom is -0.493 e. The number of amides is 2. The highest BCUT2D eigenvalue weighted by atomic mass is 16.6. The van der Waals surface area contributed by atoms with Gasteiger partial charge < -0.3 is 43.7 Å². The number of hydrogen-bond donors (Lipinski definition) is 2. The number of anilines is 1. The Morgan fingerprint density at radius 2 is 1.46 bits per heavy atom. The number of benzene rings is 5. The zero-order chi connectivity index (χ0) is 48.4. The number of aliphatic hydroxyl groups excluding tert-OH is 1. The van der Waals surface area contributed by atoms with E-state index in [4.69, 9.17) is 28.4 Å². The van der Waals surface area contributed by atoms with Crippen molar-refractivity contribution in [2.24, 2.45) is 11.8 Å². The van der Waals surface area contributed by atoms with E-state index in [2.05, 4.69) is 17.2 Å². The lowest BCUT2D eigenvalue weighted by atomic mass is 9.64. The lowest BCUT2D eigenvalue weighted by Crippen LogP contribution is -2.56. The summed E-state index contributed by atoms with van der Waals surface area (Å²) in [5.74, 6) is 1.52. The summed E-state index contributed by atoms with van der Waals surface area (Å²) in [5.41, 5.74) is 3.23. The fourth-order valence-electron chi connectivity index (χ4n) is 10.7. The molecule has 6 atom stereocenters. The van der Waals surface area contributed by atoms with Crippen LogP contribution in [-0.4, -0.2) is 98.9 Å². The van der Waals surface area contributed by atoms with Gasteiger partial charge in [-0.2, -0.15) is 0 Å². The van der Waals surface area contributed by atoms with Crippen molar-refractivity contribution in [2.45, 2.75) is 49.0 Å². The molecule has 4 aliphatic heterocycles. The molecule has 4 heterocycles. The number of carbonyl (C=O) groups excluding carboxylic acids is 5. The third-order valence-electron chi connectivity index (χ3n) is 13.6. The van der Waals surface area contributed by atoms with Crippen LogP contribution in [0.25, 0.3) is 0 Å². The summed E-state index contributed by atoms with van der Waals surface area (Å²) in [4.78, 5) is 76.3. The maximum atomic E-state index is 16.2. The number of hydrogen-bond acceptors (Lipinski definition) is 13. The van der Waals surface area contributed by atoms with Gasteiger partial charge in [0.1, 0.15) is 29.9 Å². The second kappa shape index (κ2) is 19.5. The van der Waals surface area contributed by atoms with E-state index in [9.17, 15) is 14.7 Å². The molecular weight excluding hydrogens is 883 g/mol. The first-order chi connectivity index (χ1) is 33.6. The summed E-state index contributed by atoms with van der Waals surface area (Å²) in [7, 11) is 5.45. The predicted octanol–water partition coefficient (Wildman–Crippen LogP) is 5.63. The van der Waals surface area contributed by atoms with Gasteiger partial charge in [0.2, 0.25) is 11.8 Å². The molecule has 9 rings (SSSR count). The Bertz CT molecular complexity index is 2850. The van der Waals surface area contributed by atoms with Gasteiger partial charge in [0.25, 0.3) is 0 Å². The smallest absolute Gasteiger partial charge is 0.324 e. The molecule has 0 radical (unpaired) electrons. The molecule has 5 aromatic rings. The second-order valence-electron chi connectivity index (χ2n) is 17.2. The van der Waals surface area contributed by atoms with Gasteiger partial charge in [-0.25, -0.2) is 0 Å². The number of morpholine rings is 1.